The summed E-state index contributed by atoms with van der Waals surface area (Å²) in [5, 5.41) is 23.6. The summed E-state index contributed by atoms with van der Waals surface area (Å²) >= 11 is 0. The van der Waals surface area contributed by atoms with E-state index in [-0.39, 0.29) is 40.3 Å². The number of aromatic nitrogens is 2. The van der Waals surface area contributed by atoms with Crippen molar-refractivity contribution in [2.45, 2.75) is 19.4 Å². The Morgan fingerprint density at radius 2 is 1.86 bits per heavy atom. The lowest BCUT2D eigenvalue weighted by molar-refractivity contribution is 0.0697. The minimum atomic E-state index is -1.34. The standard InChI is InChI=1S/C26H22F2N4O5/c1-2-16(13-33)29-25(35)23-17(4-3-5-19(23)28)14-8-9-32-12-21(30-22(32)10-14)24(34)31-20-11-15(27)6-7-18(20)26(36)37/h3-12,16,33H,2,13H2,1H3,(H,29,35)(H,31,34)(H,36,37). The Bertz CT molecular complexity index is 1510. The molecule has 2 aromatic carbocycles. The van der Waals surface area contributed by atoms with Crippen molar-refractivity contribution in [1.29, 1.82) is 0 Å². The van der Waals surface area contributed by atoms with Crippen molar-refractivity contribution in [2.75, 3.05) is 11.9 Å². The number of hydrogen-bond donors (Lipinski definition) is 4. The zero-order valence-corrected chi connectivity index (χ0v) is 19.5. The number of carboxylic acids is 1. The van der Waals surface area contributed by atoms with Crippen molar-refractivity contribution in [3.8, 4) is 11.1 Å². The number of nitrogens with one attached hydrogen (secondary N) is 2. The number of aliphatic hydroxyl groups excluding tert-OH is 1. The van der Waals surface area contributed by atoms with E-state index in [9.17, 15) is 33.4 Å². The van der Waals surface area contributed by atoms with E-state index in [1.807, 2.05) is 0 Å². The number of rotatable bonds is 8. The number of hydrogen-bond acceptors (Lipinski definition) is 5. The summed E-state index contributed by atoms with van der Waals surface area (Å²) in [6.45, 7) is 1.49. The van der Waals surface area contributed by atoms with Gasteiger partial charge in [0.2, 0.25) is 0 Å². The fourth-order valence-corrected chi connectivity index (χ4v) is 3.78. The molecule has 11 heteroatoms. The van der Waals surface area contributed by atoms with E-state index in [0.29, 0.717) is 12.0 Å². The number of imidazole rings is 1. The highest BCUT2D eigenvalue weighted by atomic mass is 19.1. The van der Waals surface area contributed by atoms with Gasteiger partial charge in [-0.1, -0.05) is 19.1 Å². The van der Waals surface area contributed by atoms with Gasteiger partial charge in [-0.25, -0.2) is 18.6 Å². The molecule has 4 N–H and O–H groups in total. The summed E-state index contributed by atoms with van der Waals surface area (Å²) < 4.78 is 29.9. The van der Waals surface area contributed by atoms with E-state index in [1.54, 1.807) is 31.3 Å². The van der Waals surface area contributed by atoms with Crippen molar-refractivity contribution in [3.05, 3.63) is 89.4 Å². The summed E-state index contributed by atoms with van der Waals surface area (Å²) in [6.07, 6.45) is 3.41. The van der Waals surface area contributed by atoms with Gasteiger partial charge in [-0.15, -0.1) is 0 Å². The average molecular weight is 508 g/mol. The minimum absolute atomic E-state index is 0.0799. The number of anilines is 1. The van der Waals surface area contributed by atoms with Gasteiger partial charge in [0.05, 0.1) is 29.5 Å². The van der Waals surface area contributed by atoms with Crippen LogP contribution in [0.2, 0.25) is 0 Å². The molecule has 0 fully saturated rings. The second-order valence-electron chi connectivity index (χ2n) is 8.18. The molecular weight excluding hydrogens is 486 g/mol. The molecule has 2 amide bonds. The van der Waals surface area contributed by atoms with Gasteiger partial charge in [0, 0.05) is 12.4 Å². The van der Waals surface area contributed by atoms with E-state index >= 15 is 0 Å². The molecule has 0 saturated carbocycles. The summed E-state index contributed by atoms with van der Waals surface area (Å²) in [5.74, 6) is -4.25. The number of fused-ring (bicyclic) bond motifs is 1. The van der Waals surface area contributed by atoms with E-state index in [4.69, 9.17) is 0 Å². The molecule has 0 radical (unpaired) electrons. The van der Waals surface area contributed by atoms with Gasteiger partial charge in [-0.2, -0.15) is 0 Å². The Kier molecular flexibility index (Phi) is 7.25. The second-order valence-corrected chi connectivity index (χ2v) is 8.18. The third-order valence-electron chi connectivity index (χ3n) is 5.75. The summed E-state index contributed by atoms with van der Waals surface area (Å²) in [5.41, 5.74) is 0.234. The second kappa shape index (κ2) is 10.5. The Morgan fingerprint density at radius 1 is 1.08 bits per heavy atom. The van der Waals surface area contributed by atoms with Crippen LogP contribution in [0.5, 0.6) is 0 Å². The van der Waals surface area contributed by atoms with Gasteiger partial charge in [0.15, 0.2) is 0 Å². The van der Waals surface area contributed by atoms with Gasteiger partial charge in [-0.3, -0.25) is 9.59 Å². The van der Waals surface area contributed by atoms with Crippen LogP contribution in [-0.2, 0) is 0 Å². The number of aromatic carboxylic acids is 1. The van der Waals surface area contributed by atoms with Crippen molar-refractivity contribution in [3.63, 3.8) is 0 Å². The first kappa shape index (κ1) is 25.5. The van der Waals surface area contributed by atoms with Crippen LogP contribution in [0.15, 0.2) is 60.9 Å². The molecule has 4 rings (SSSR count). The van der Waals surface area contributed by atoms with Gasteiger partial charge in [0.25, 0.3) is 11.8 Å². The maximum atomic E-state index is 14.7. The smallest absolute Gasteiger partial charge is 0.337 e. The number of benzene rings is 2. The molecule has 37 heavy (non-hydrogen) atoms. The molecule has 0 bridgehead atoms. The maximum Gasteiger partial charge on any atom is 0.337 e. The molecule has 0 aliphatic carbocycles. The Hall–Kier alpha value is -4.64. The fraction of sp³-hybridized carbons (Fsp3) is 0.154. The molecule has 0 aliphatic heterocycles. The summed E-state index contributed by atoms with van der Waals surface area (Å²) in [7, 11) is 0. The number of nitrogens with zero attached hydrogens (tertiary/aromatic N) is 2. The highest BCUT2D eigenvalue weighted by molar-refractivity contribution is 6.07. The zero-order chi connectivity index (χ0) is 26.7. The number of amides is 2. The van der Waals surface area contributed by atoms with Crippen molar-refractivity contribution in [1.82, 2.24) is 14.7 Å². The molecule has 190 valence electrons. The van der Waals surface area contributed by atoms with Crippen LogP contribution in [-0.4, -0.2) is 50.0 Å². The molecule has 1 unspecified atom stereocenters. The first-order valence-corrected chi connectivity index (χ1v) is 11.2. The lowest BCUT2D eigenvalue weighted by Crippen LogP contribution is -2.37. The van der Waals surface area contributed by atoms with E-state index in [0.717, 1.165) is 24.3 Å². The SMILES string of the molecule is CCC(CO)NC(=O)c1c(F)cccc1-c1ccn2cc(C(=O)Nc3cc(F)ccc3C(=O)O)nc2c1. The number of aliphatic hydroxyl groups is 1. The van der Waals surface area contributed by atoms with Crippen molar-refractivity contribution >= 4 is 29.1 Å². The lowest BCUT2D eigenvalue weighted by Gasteiger charge is -2.16. The van der Waals surface area contributed by atoms with Gasteiger partial charge >= 0.3 is 5.97 Å². The van der Waals surface area contributed by atoms with Crippen LogP contribution >= 0.6 is 0 Å². The molecule has 2 heterocycles. The first-order valence-electron chi connectivity index (χ1n) is 11.2. The molecule has 1 atom stereocenters. The normalized spacial score (nSPS) is 11.8. The van der Waals surface area contributed by atoms with Gasteiger partial charge in [-0.05, 0) is 53.9 Å². The first-order chi connectivity index (χ1) is 17.7. The van der Waals surface area contributed by atoms with Crippen LogP contribution < -0.4 is 10.6 Å². The third kappa shape index (κ3) is 5.31. The molecule has 2 aromatic heterocycles. The topological polar surface area (TPSA) is 133 Å². The largest absolute Gasteiger partial charge is 0.478 e. The van der Waals surface area contributed by atoms with E-state index in [1.165, 1.54) is 16.7 Å². The van der Waals surface area contributed by atoms with Crippen LogP contribution in [0.25, 0.3) is 16.8 Å². The molecule has 9 nitrogen and oxygen atoms in total. The predicted octanol–water partition coefficient (Wildman–Crippen LogP) is 3.73. The Morgan fingerprint density at radius 3 is 2.57 bits per heavy atom. The van der Waals surface area contributed by atoms with Crippen LogP contribution in [0, 0.1) is 11.6 Å². The van der Waals surface area contributed by atoms with E-state index < -0.39 is 35.5 Å². The Labute approximate surface area is 209 Å². The quantitative estimate of drug-likeness (QED) is 0.287. The van der Waals surface area contributed by atoms with Gasteiger partial charge in [0.1, 0.15) is 23.0 Å². The number of carbonyl (C=O) groups is 3. The molecule has 0 saturated heterocycles. The maximum absolute atomic E-state index is 14.7. The summed E-state index contributed by atoms with van der Waals surface area (Å²) in [4.78, 5) is 41.2. The molecule has 0 aliphatic rings. The van der Waals surface area contributed by atoms with Crippen molar-refractivity contribution in [2.24, 2.45) is 0 Å². The minimum Gasteiger partial charge on any atom is -0.478 e. The lowest BCUT2D eigenvalue weighted by atomic mass is 9.99. The van der Waals surface area contributed by atoms with Crippen LogP contribution in [0.1, 0.15) is 44.5 Å². The van der Waals surface area contributed by atoms with Gasteiger partial charge < -0.3 is 25.2 Å². The predicted molar refractivity (Wildman–Crippen MR) is 131 cm³/mol. The monoisotopic (exact) mass is 508 g/mol. The molecule has 4 aromatic rings. The van der Waals surface area contributed by atoms with E-state index in [2.05, 4.69) is 15.6 Å². The van der Waals surface area contributed by atoms with Crippen LogP contribution in [0.3, 0.4) is 0 Å². The summed E-state index contributed by atoms with van der Waals surface area (Å²) in [6, 6.07) is 9.72. The third-order valence-corrected chi connectivity index (χ3v) is 5.75. The number of pyridine rings is 1. The highest BCUT2D eigenvalue weighted by Gasteiger charge is 2.21. The van der Waals surface area contributed by atoms with Crippen LogP contribution in [0.4, 0.5) is 14.5 Å². The number of halogens is 2. The van der Waals surface area contributed by atoms with Crippen molar-refractivity contribution < 1.29 is 33.4 Å². The Balaban J connectivity index is 1.67. The number of carboxylic acid groups (broad SMARTS) is 1. The molecule has 0 spiro atoms. The average Bonchev–Trinajstić information content (AvgIpc) is 3.30. The highest BCUT2D eigenvalue weighted by Crippen LogP contribution is 2.27. The number of carbonyl (C=O) groups excluding carboxylic acids is 2. The zero-order valence-electron chi connectivity index (χ0n) is 19.5. The molecular formula is C26H22F2N4O5. The fourth-order valence-electron chi connectivity index (χ4n) is 3.78.